The summed E-state index contributed by atoms with van der Waals surface area (Å²) in [4.78, 5) is 47.7. The average molecular weight is 752 g/mol. The van der Waals surface area contributed by atoms with Crippen LogP contribution in [0.5, 0.6) is 5.75 Å². The van der Waals surface area contributed by atoms with Crippen molar-refractivity contribution in [2.24, 2.45) is 35.0 Å². The number of amides is 3. The third kappa shape index (κ3) is 10.2. The Balaban J connectivity index is 1.65. The molecule has 12 nitrogen and oxygen atoms in total. The van der Waals surface area contributed by atoms with Crippen molar-refractivity contribution in [3.63, 3.8) is 0 Å². The summed E-state index contributed by atoms with van der Waals surface area (Å²) in [7, 11) is 5.48. The molecule has 12 heteroatoms. The number of allylic oxidation sites excluding steroid dienone is 3. The number of fused-ring (bicyclic) bond motifs is 2. The lowest BCUT2D eigenvalue weighted by atomic mass is 9.45. The highest BCUT2D eigenvalue weighted by Crippen LogP contribution is 2.61. The topological polar surface area (TPSA) is 153 Å². The standard InChI is InChI=1S/C42H65N5O7/c1-24(2)17-32(22-46(9)10)44-37(51)16-15-29(18-25(3)43-28(6)50)33-14-12-13-30(40(33)53-11)21-47-39(38(27(5)49)36(23-48)54-47)41(52)45-35-20-31-19-34(26(35)4)42(31,7)8/h12-16,18,24,26-27,31-32,34-36,38-39,48-49H,3,17,19-23H2,1-2,4-11H3,(H,43,50)(H,44,51)(H,45,52)/b16-15+,29-18+/t26-,27-,31-,32-,34-,35-,36-,38+,39-/m0/s1. The van der Waals surface area contributed by atoms with Gasteiger partial charge in [-0.1, -0.05) is 59.4 Å². The Morgan fingerprint density at radius 3 is 2.43 bits per heavy atom. The van der Waals surface area contributed by atoms with Gasteiger partial charge in [-0.3, -0.25) is 19.2 Å². The molecule has 54 heavy (non-hydrogen) atoms. The molecule has 0 spiro atoms. The second kappa shape index (κ2) is 18.4. The molecular weight excluding hydrogens is 686 g/mol. The van der Waals surface area contributed by atoms with Crippen LogP contribution in [-0.2, 0) is 25.8 Å². The van der Waals surface area contributed by atoms with Gasteiger partial charge in [0.05, 0.1) is 26.4 Å². The van der Waals surface area contributed by atoms with E-state index in [2.05, 4.69) is 57.1 Å². The molecule has 0 unspecified atom stereocenters. The zero-order valence-corrected chi connectivity index (χ0v) is 34.0. The quantitative estimate of drug-likeness (QED) is 0.117. The molecule has 1 saturated heterocycles. The molecule has 1 aliphatic heterocycles. The second-order valence-corrected chi connectivity index (χ2v) is 17.0. The maximum atomic E-state index is 14.2. The number of carbonyl (C=O) groups excluding carboxylic acids is 3. The molecule has 1 aromatic rings. The number of rotatable bonds is 17. The number of aliphatic hydroxyl groups excluding tert-OH is 2. The number of carbonyl (C=O) groups is 3. The fourth-order valence-corrected chi connectivity index (χ4v) is 9.10. The maximum absolute atomic E-state index is 14.2. The smallest absolute Gasteiger partial charge is 0.244 e. The number of methoxy groups -OCH3 is 1. The van der Waals surface area contributed by atoms with Crippen LogP contribution < -0.4 is 20.7 Å². The van der Waals surface area contributed by atoms with Gasteiger partial charge in [-0.05, 0) is 87.1 Å². The van der Waals surface area contributed by atoms with Crippen LogP contribution in [-0.4, -0.2) is 103 Å². The van der Waals surface area contributed by atoms with Gasteiger partial charge in [0.15, 0.2) is 0 Å². The number of hydroxylamine groups is 2. The lowest BCUT2D eigenvalue weighted by Gasteiger charge is -2.62. The predicted octanol–water partition coefficient (Wildman–Crippen LogP) is 4.04. The Morgan fingerprint density at radius 2 is 1.87 bits per heavy atom. The summed E-state index contributed by atoms with van der Waals surface area (Å²) in [5.74, 6) is 0.768. The third-order valence-corrected chi connectivity index (χ3v) is 11.8. The Bertz CT molecular complexity index is 1560. The first-order valence-corrected chi connectivity index (χ1v) is 19.4. The summed E-state index contributed by atoms with van der Waals surface area (Å²) >= 11 is 0. The maximum Gasteiger partial charge on any atom is 0.244 e. The van der Waals surface area contributed by atoms with E-state index in [-0.39, 0.29) is 48.4 Å². The highest BCUT2D eigenvalue weighted by Gasteiger charge is 2.57. The molecule has 2 bridgehead atoms. The SMILES string of the molecule is C=C(/C=C(\C=C\C(=O)N[C@@H](CC(C)C)CN(C)C)c1cccc(CN2O[C@@H](CO)[C@@H]([C@H](C)O)[C@H]2C(=O)N[C@H]2C[C@@H]3C[C@@H]([C@@H]2C)C3(C)C)c1OC)NC(C)=O. The second-order valence-electron chi connectivity index (χ2n) is 17.0. The van der Waals surface area contributed by atoms with E-state index < -0.39 is 24.2 Å². The summed E-state index contributed by atoms with van der Waals surface area (Å²) in [5, 5.41) is 32.0. The van der Waals surface area contributed by atoms with Crippen molar-refractivity contribution in [1.29, 1.82) is 0 Å². The van der Waals surface area contributed by atoms with Gasteiger partial charge in [0.1, 0.15) is 17.9 Å². The average Bonchev–Trinajstić information content (AvgIpc) is 3.44. The van der Waals surface area contributed by atoms with Gasteiger partial charge in [0.25, 0.3) is 0 Å². The molecule has 3 amide bonds. The Labute approximate surface area is 322 Å². The van der Waals surface area contributed by atoms with E-state index in [0.717, 1.165) is 12.8 Å². The Morgan fingerprint density at radius 1 is 1.17 bits per heavy atom. The largest absolute Gasteiger partial charge is 0.496 e. The fourth-order valence-electron chi connectivity index (χ4n) is 9.10. The number of benzene rings is 1. The van der Waals surface area contributed by atoms with Crippen molar-refractivity contribution >= 4 is 23.3 Å². The summed E-state index contributed by atoms with van der Waals surface area (Å²) in [5.41, 5.74) is 2.42. The van der Waals surface area contributed by atoms with Crippen LogP contribution in [0.4, 0.5) is 0 Å². The summed E-state index contributed by atoms with van der Waals surface area (Å²) < 4.78 is 6.00. The molecule has 1 aromatic carbocycles. The van der Waals surface area contributed by atoms with Gasteiger partial charge >= 0.3 is 0 Å². The van der Waals surface area contributed by atoms with Gasteiger partial charge in [0.2, 0.25) is 17.7 Å². The molecule has 5 N–H and O–H groups in total. The van der Waals surface area contributed by atoms with E-state index in [4.69, 9.17) is 9.57 Å². The van der Waals surface area contributed by atoms with Crippen LogP contribution in [0.3, 0.4) is 0 Å². The number of hydrogen-bond acceptors (Lipinski definition) is 9. The van der Waals surface area contributed by atoms with Gasteiger partial charge in [-0.25, -0.2) is 0 Å². The van der Waals surface area contributed by atoms with E-state index in [1.165, 1.54) is 26.5 Å². The van der Waals surface area contributed by atoms with Gasteiger partial charge in [-0.2, -0.15) is 5.06 Å². The van der Waals surface area contributed by atoms with Gasteiger partial charge in [-0.15, -0.1) is 0 Å². The molecule has 0 radical (unpaired) electrons. The minimum Gasteiger partial charge on any atom is -0.496 e. The number of aliphatic hydroxyl groups is 2. The van der Waals surface area contributed by atoms with Crippen LogP contribution in [0.15, 0.2) is 48.7 Å². The lowest BCUT2D eigenvalue weighted by Crippen LogP contribution is -2.62. The van der Waals surface area contributed by atoms with Crippen LogP contribution in [0.2, 0.25) is 0 Å². The highest BCUT2D eigenvalue weighted by atomic mass is 16.7. The normalized spacial score (nSPS) is 27.7. The molecule has 0 aromatic heterocycles. The Hall–Kier alpha value is -3.55. The first-order valence-electron chi connectivity index (χ1n) is 19.4. The van der Waals surface area contributed by atoms with Crippen molar-refractivity contribution in [2.75, 3.05) is 34.4 Å². The molecule has 5 rings (SSSR count). The van der Waals surface area contributed by atoms with E-state index in [1.54, 1.807) is 24.1 Å². The molecule has 3 saturated carbocycles. The zero-order valence-electron chi connectivity index (χ0n) is 34.0. The van der Waals surface area contributed by atoms with Crippen LogP contribution in [0.1, 0.15) is 78.9 Å². The predicted molar refractivity (Wildman–Crippen MR) is 211 cm³/mol. The summed E-state index contributed by atoms with van der Waals surface area (Å²) in [6.45, 7) is 18.5. The van der Waals surface area contributed by atoms with Crippen molar-refractivity contribution in [1.82, 2.24) is 25.9 Å². The molecule has 3 aliphatic carbocycles. The van der Waals surface area contributed by atoms with Gasteiger partial charge < -0.3 is 35.8 Å². The molecule has 1 heterocycles. The number of hydrogen-bond donors (Lipinski definition) is 5. The van der Waals surface area contributed by atoms with E-state index >= 15 is 0 Å². The number of likely N-dealkylation sites (N-methyl/N-ethyl adjacent to an activating group) is 1. The molecule has 300 valence electrons. The lowest BCUT2D eigenvalue weighted by molar-refractivity contribution is -0.183. The van der Waals surface area contributed by atoms with Crippen LogP contribution in [0, 0.1) is 35.0 Å². The van der Waals surface area contributed by atoms with Crippen molar-refractivity contribution in [3.05, 3.63) is 59.8 Å². The highest BCUT2D eigenvalue weighted by molar-refractivity contribution is 5.92. The van der Waals surface area contributed by atoms with E-state index in [0.29, 0.717) is 58.4 Å². The summed E-state index contributed by atoms with van der Waals surface area (Å²) in [6.07, 6.45) is 5.97. The van der Waals surface area contributed by atoms with E-state index in [9.17, 15) is 24.6 Å². The number of para-hydroxylation sites is 1. The minimum atomic E-state index is -0.935. The zero-order chi connectivity index (χ0) is 40.1. The fraction of sp³-hybridized carbons (Fsp3) is 0.643. The van der Waals surface area contributed by atoms with Gasteiger partial charge in [0, 0.05) is 54.4 Å². The van der Waals surface area contributed by atoms with Crippen LogP contribution >= 0.6 is 0 Å². The molecular formula is C42H65N5O7. The van der Waals surface area contributed by atoms with Crippen molar-refractivity contribution in [2.45, 2.75) is 105 Å². The van der Waals surface area contributed by atoms with Crippen molar-refractivity contribution in [3.8, 4) is 5.75 Å². The number of nitrogens with zero attached hydrogens (tertiary/aromatic N) is 2. The molecule has 4 aliphatic rings. The minimum absolute atomic E-state index is 0.00809. The Kier molecular flexibility index (Phi) is 14.7. The number of nitrogens with one attached hydrogen (secondary N) is 3. The van der Waals surface area contributed by atoms with E-state index in [1.807, 2.05) is 37.2 Å². The molecule has 4 fully saturated rings. The first-order chi connectivity index (χ1) is 25.4. The third-order valence-electron chi connectivity index (χ3n) is 11.8. The molecule has 9 atom stereocenters. The first kappa shape index (κ1) is 43.2. The number of ether oxygens (including phenoxy) is 1. The van der Waals surface area contributed by atoms with Crippen molar-refractivity contribution < 1.29 is 34.2 Å². The monoisotopic (exact) mass is 751 g/mol. The van der Waals surface area contributed by atoms with Crippen LogP contribution in [0.25, 0.3) is 5.57 Å². The summed E-state index contributed by atoms with van der Waals surface area (Å²) in [6, 6.07) is 4.62.